The van der Waals surface area contributed by atoms with Gasteiger partial charge in [0.1, 0.15) is 5.75 Å². The molecule has 0 fully saturated rings. The Bertz CT molecular complexity index is 989. The summed E-state index contributed by atoms with van der Waals surface area (Å²) in [5, 5.41) is 0.534. The minimum Gasteiger partial charge on any atom is -0.445 e. The Morgan fingerprint density at radius 2 is 1.54 bits per heavy atom. The first-order chi connectivity index (χ1) is 12.6. The molecule has 4 rings (SSSR count). The third-order valence-corrected chi connectivity index (χ3v) is 5.36. The van der Waals surface area contributed by atoms with Crippen molar-refractivity contribution in [3.05, 3.63) is 88.5 Å². The predicted molar refractivity (Wildman–Crippen MR) is 112 cm³/mol. The zero-order valence-electron chi connectivity index (χ0n) is 15.2. The second-order valence-electron chi connectivity index (χ2n) is 6.78. The minimum atomic E-state index is 0.534. The van der Waals surface area contributed by atoms with E-state index in [-0.39, 0.29) is 0 Å². The first-order valence-corrected chi connectivity index (χ1v) is 9.19. The van der Waals surface area contributed by atoms with Crippen molar-refractivity contribution in [2.75, 3.05) is 11.9 Å². The molecule has 0 aromatic heterocycles. The van der Waals surface area contributed by atoms with Crippen molar-refractivity contribution in [3.63, 3.8) is 0 Å². The number of benzene rings is 3. The fourth-order valence-electron chi connectivity index (χ4n) is 3.68. The van der Waals surface area contributed by atoms with Gasteiger partial charge in [0.2, 0.25) is 0 Å². The fraction of sp³-hybridized carbons (Fsp3) is 0.174. The highest BCUT2D eigenvalue weighted by Gasteiger charge is 2.23. The number of anilines is 2. The van der Waals surface area contributed by atoms with Crippen molar-refractivity contribution in [1.29, 1.82) is 0 Å². The van der Waals surface area contributed by atoms with Gasteiger partial charge in [0.05, 0.1) is 0 Å². The maximum atomic E-state index is 6.16. The highest BCUT2D eigenvalue weighted by Crippen LogP contribution is 2.39. The second kappa shape index (κ2) is 6.58. The Morgan fingerprint density at radius 3 is 2.31 bits per heavy atom. The van der Waals surface area contributed by atoms with Crippen LogP contribution in [0.1, 0.15) is 27.8 Å². The number of hydrogen-bond acceptors (Lipinski definition) is 3. The van der Waals surface area contributed by atoms with Gasteiger partial charge in [-0.1, -0.05) is 42.5 Å². The van der Waals surface area contributed by atoms with Crippen LogP contribution in [0.3, 0.4) is 0 Å². The van der Waals surface area contributed by atoms with Crippen molar-refractivity contribution in [2.45, 2.75) is 20.3 Å². The number of thiocarbonyl (C=S) groups is 1. The van der Waals surface area contributed by atoms with Crippen LogP contribution in [0.15, 0.2) is 60.7 Å². The van der Waals surface area contributed by atoms with Crippen molar-refractivity contribution >= 4 is 28.6 Å². The normalized spacial score (nSPS) is 12.3. The molecule has 1 aliphatic heterocycles. The molecular formula is C23H21NOS. The zero-order chi connectivity index (χ0) is 18.3. The van der Waals surface area contributed by atoms with Crippen LogP contribution in [0.4, 0.5) is 11.4 Å². The van der Waals surface area contributed by atoms with Crippen LogP contribution in [-0.4, -0.2) is 12.1 Å². The Labute approximate surface area is 160 Å². The zero-order valence-corrected chi connectivity index (χ0v) is 16.1. The van der Waals surface area contributed by atoms with Crippen LogP contribution in [0.2, 0.25) is 0 Å². The number of aryl methyl sites for hydroxylation is 2. The van der Waals surface area contributed by atoms with Gasteiger partial charge >= 0.3 is 0 Å². The van der Waals surface area contributed by atoms with E-state index in [2.05, 4.69) is 80.4 Å². The lowest BCUT2D eigenvalue weighted by atomic mass is 9.92. The molecule has 0 saturated carbocycles. The molecule has 3 aromatic rings. The van der Waals surface area contributed by atoms with E-state index in [4.69, 9.17) is 17.0 Å². The summed E-state index contributed by atoms with van der Waals surface area (Å²) in [6.45, 7) is 4.10. The molecule has 0 atom stereocenters. The summed E-state index contributed by atoms with van der Waals surface area (Å²) in [6, 6.07) is 20.9. The van der Waals surface area contributed by atoms with Crippen LogP contribution in [0, 0.1) is 13.8 Å². The molecule has 0 spiro atoms. The molecule has 0 saturated heterocycles. The van der Waals surface area contributed by atoms with E-state index < -0.39 is 0 Å². The summed E-state index contributed by atoms with van der Waals surface area (Å²) in [5.41, 5.74) is 8.17. The van der Waals surface area contributed by atoms with Crippen molar-refractivity contribution in [2.24, 2.45) is 0 Å². The lowest BCUT2D eigenvalue weighted by Gasteiger charge is -2.31. The number of ether oxygens (including phenoxy) is 1. The fourth-order valence-corrected chi connectivity index (χ4v) is 3.96. The number of nitrogens with zero attached hydrogens (tertiary/aromatic N) is 1. The quantitative estimate of drug-likeness (QED) is 0.542. The summed E-state index contributed by atoms with van der Waals surface area (Å²) < 4.78 is 6.16. The van der Waals surface area contributed by atoms with E-state index in [0.717, 1.165) is 28.9 Å². The molecule has 0 aliphatic carbocycles. The molecule has 2 nitrogen and oxygen atoms in total. The molecule has 0 amide bonds. The number of para-hydroxylation sites is 2. The molecule has 0 unspecified atom stereocenters. The second-order valence-corrected chi connectivity index (χ2v) is 7.15. The Morgan fingerprint density at radius 1 is 0.885 bits per heavy atom. The molecule has 0 bridgehead atoms. The van der Waals surface area contributed by atoms with Crippen LogP contribution in [-0.2, 0) is 6.42 Å². The van der Waals surface area contributed by atoms with Gasteiger partial charge in [0, 0.05) is 30.4 Å². The molecule has 26 heavy (non-hydrogen) atoms. The number of hydrogen-bond donors (Lipinski definition) is 0. The van der Waals surface area contributed by atoms with Gasteiger partial charge in [0.15, 0.2) is 5.05 Å². The van der Waals surface area contributed by atoms with Gasteiger partial charge in [-0.05, 0) is 66.5 Å². The number of rotatable bonds is 2. The van der Waals surface area contributed by atoms with E-state index in [0.29, 0.717) is 5.05 Å². The van der Waals surface area contributed by atoms with E-state index in [9.17, 15) is 0 Å². The maximum absolute atomic E-state index is 6.16. The lowest BCUT2D eigenvalue weighted by molar-refractivity contribution is 0.556. The molecule has 3 heteroatoms. The van der Waals surface area contributed by atoms with Crippen molar-refractivity contribution in [1.82, 2.24) is 0 Å². The molecule has 0 N–H and O–H groups in total. The Balaban J connectivity index is 1.74. The third kappa shape index (κ3) is 2.78. The van der Waals surface area contributed by atoms with Gasteiger partial charge in [0.25, 0.3) is 0 Å². The van der Waals surface area contributed by atoms with Crippen LogP contribution < -0.4 is 9.64 Å². The van der Waals surface area contributed by atoms with Crippen LogP contribution in [0.25, 0.3) is 0 Å². The lowest BCUT2D eigenvalue weighted by Crippen LogP contribution is -2.21. The first kappa shape index (κ1) is 16.8. The largest absolute Gasteiger partial charge is 0.445 e. The maximum Gasteiger partial charge on any atom is 0.198 e. The summed E-state index contributed by atoms with van der Waals surface area (Å²) in [4.78, 5) is 2.24. The topological polar surface area (TPSA) is 12.5 Å². The summed E-state index contributed by atoms with van der Waals surface area (Å²) >= 11 is 5.70. The average Bonchev–Trinajstić information content (AvgIpc) is 2.64. The Kier molecular flexibility index (Phi) is 4.25. The van der Waals surface area contributed by atoms with Gasteiger partial charge in [-0.25, -0.2) is 0 Å². The monoisotopic (exact) mass is 359 g/mol. The van der Waals surface area contributed by atoms with Gasteiger partial charge in [-0.2, -0.15) is 0 Å². The van der Waals surface area contributed by atoms with Crippen LogP contribution in [0.5, 0.6) is 5.75 Å². The van der Waals surface area contributed by atoms with Gasteiger partial charge in [-0.3, -0.25) is 0 Å². The van der Waals surface area contributed by atoms with E-state index in [1.165, 1.54) is 22.5 Å². The first-order valence-electron chi connectivity index (χ1n) is 8.78. The standard InChI is InChI=1S/C23H21NOS/c1-15-8-6-9-16(2)22(15)25-23(26)18-11-7-13-21-19(18)14-17-10-4-5-12-20(17)24(21)3/h4-13H,14H2,1-3H3. The third-order valence-electron chi connectivity index (χ3n) is 5.06. The summed E-state index contributed by atoms with van der Waals surface area (Å²) in [5.74, 6) is 0.861. The van der Waals surface area contributed by atoms with Gasteiger partial charge < -0.3 is 9.64 Å². The smallest absolute Gasteiger partial charge is 0.198 e. The van der Waals surface area contributed by atoms with Gasteiger partial charge in [-0.15, -0.1) is 0 Å². The molecule has 1 aliphatic rings. The van der Waals surface area contributed by atoms with Crippen molar-refractivity contribution in [3.8, 4) is 5.75 Å². The molecule has 130 valence electrons. The van der Waals surface area contributed by atoms with E-state index in [1.54, 1.807) is 0 Å². The summed E-state index contributed by atoms with van der Waals surface area (Å²) in [6.07, 6.45) is 0.863. The SMILES string of the molecule is Cc1cccc(C)c1OC(=S)c1cccc2c1Cc1ccccc1N2C. The minimum absolute atomic E-state index is 0.534. The number of fused-ring (bicyclic) bond motifs is 2. The highest BCUT2D eigenvalue weighted by molar-refractivity contribution is 7.80. The van der Waals surface area contributed by atoms with E-state index >= 15 is 0 Å². The molecular weight excluding hydrogens is 338 g/mol. The Hall–Kier alpha value is -2.65. The predicted octanol–water partition coefficient (Wildman–Crippen LogP) is 5.73. The summed E-state index contributed by atoms with van der Waals surface area (Å²) in [7, 11) is 2.11. The molecule has 3 aromatic carbocycles. The average molecular weight is 359 g/mol. The molecule has 1 heterocycles. The molecule has 0 radical (unpaired) electrons. The highest BCUT2D eigenvalue weighted by atomic mass is 32.1. The van der Waals surface area contributed by atoms with E-state index in [1.807, 2.05) is 6.07 Å². The van der Waals surface area contributed by atoms with Crippen molar-refractivity contribution < 1.29 is 4.74 Å². The van der Waals surface area contributed by atoms with Crippen LogP contribution >= 0.6 is 12.2 Å².